The second-order valence-corrected chi connectivity index (χ2v) is 8.01. The Bertz CT molecular complexity index is 655. The topological polar surface area (TPSA) is 84.3 Å². The molecule has 1 aliphatic heterocycles. The summed E-state index contributed by atoms with van der Waals surface area (Å²) in [6.07, 6.45) is 1.68. The summed E-state index contributed by atoms with van der Waals surface area (Å²) in [5, 5.41) is 16.2. The molecular weight excluding hydrogens is 358 g/mol. The molecule has 0 bridgehead atoms. The normalized spacial score (nSPS) is 20.1. The van der Waals surface area contributed by atoms with Crippen LogP contribution in [0.4, 0.5) is 0 Å². The summed E-state index contributed by atoms with van der Waals surface area (Å²) in [5.41, 5.74) is 0.982. The van der Waals surface area contributed by atoms with Gasteiger partial charge in [0.2, 0.25) is 0 Å². The third-order valence-corrected chi connectivity index (χ3v) is 5.54. The molecule has 158 valence electrons. The number of guanidine groups is 1. The van der Waals surface area contributed by atoms with Crippen LogP contribution in [0.3, 0.4) is 0 Å². The highest BCUT2D eigenvalue weighted by Gasteiger charge is 2.34. The molecule has 1 heterocycles. The molecule has 0 aliphatic carbocycles. The minimum atomic E-state index is -0.142. The number of hydrogen-bond donors (Lipinski definition) is 3. The molecule has 0 aromatic heterocycles. The molecule has 0 saturated carbocycles. The predicted molar refractivity (Wildman–Crippen MR) is 112 cm³/mol. The van der Waals surface area contributed by atoms with Crippen molar-refractivity contribution in [2.75, 3.05) is 54.2 Å². The first-order chi connectivity index (χ1) is 13.4. The molecule has 3 N–H and O–H groups in total. The van der Waals surface area contributed by atoms with E-state index < -0.39 is 0 Å². The van der Waals surface area contributed by atoms with Crippen LogP contribution in [0, 0.1) is 5.41 Å². The first-order valence-electron chi connectivity index (χ1n) is 9.75. The van der Waals surface area contributed by atoms with Gasteiger partial charge >= 0.3 is 0 Å². The second-order valence-electron chi connectivity index (χ2n) is 8.01. The van der Waals surface area contributed by atoms with Gasteiger partial charge in [0.15, 0.2) is 17.5 Å². The van der Waals surface area contributed by atoms with Crippen molar-refractivity contribution in [1.29, 1.82) is 0 Å². The average molecular weight is 394 g/mol. The fourth-order valence-electron chi connectivity index (χ4n) is 3.47. The SMILES string of the molecule is CN=C(NCC1(CCO)CCOC1)NCC(C)(C)c1ccc(OC)c(OC)c1. The van der Waals surface area contributed by atoms with E-state index in [0.717, 1.165) is 49.0 Å². The largest absolute Gasteiger partial charge is 0.493 e. The number of rotatable bonds is 9. The van der Waals surface area contributed by atoms with E-state index in [1.54, 1.807) is 21.3 Å². The van der Waals surface area contributed by atoms with Crippen LogP contribution in [0.1, 0.15) is 32.3 Å². The molecule has 1 unspecified atom stereocenters. The summed E-state index contributed by atoms with van der Waals surface area (Å²) >= 11 is 0. The summed E-state index contributed by atoms with van der Waals surface area (Å²) < 4.78 is 16.3. The first kappa shape index (κ1) is 22.3. The fraction of sp³-hybridized carbons (Fsp3) is 0.667. The highest BCUT2D eigenvalue weighted by molar-refractivity contribution is 5.79. The van der Waals surface area contributed by atoms with Crippen molar-refractivity contribution in [3.05, 3.63) is 23.8 Å². The quantitative estimate of drug-likeness (QED) is 0.439. The third-order valence-electron chi connectivity index (χ3n) is 5.54. The number of benzene rings is 1. The van der Waals surface area contributed by atoms with Crippen LogP contribution in [0.15, 0.2) is 23.2 Å². The third kappa shape index (κ3) is 5.52. The number of aliphatic hydroxyl groups excluding tert-OH is 1. The fourth-order valence-corrected chi connectivity index (χ4v) is 3.47. The number of methoxy groups -OCH3 is 2. The lowest BCUT2D eigenvalue weighted by molar-refractivity contribution is 0.127. The second kappa shape index (κ2) is 9.98. The van der Waals surface area contributed by atoms with Crippen LogP contribution < -0.4 is 20.1 Å². The van der Waals surface area contributed by atoms with Gasteiger partial charge in [0.1, 0.15) is 0 Å². The van der Waals surface area contributed by atoms with Crippen LogP contribution in [0.5, 0.6) is 11.5 Å². The Balaban J connectivity index is 1.98. The van der Waals surface area contributed by atoms with Crippen LogP contribution in [0.25, 0.3) is 0 Å². The van der Waals surface area contributed by atoms with E-state index in [1.807, 2.05) is 12.1 Å². The zero-order chi connectivity index (χ0) is 20.6. The monoisotopic (exact) mass is 393 g/mol. The molecule has 0 amide bonds. The van der Waals surface area contributed by atoms with Crippen molar-refractivity contribution >= 4 is 5.96 Å². The highest BCUT2D eigenvalue weighted by Crippen LogP contribution is 2.33. The Morgan fingerprint density at radius 2 is 2.00 bits per heavy atom. The molecule has 7 nitrogen and oxygen atoms in total. The minimum Gasteiger partial charge on any atom is -0.493 e. The summed E-state index contributed by atoms with van der Waals surface area (Å²) in [6.45, 7) is 7.37. The van der Waals surface area contributed by atoms with Crippen LogP contribution in [0.2, 0.25) is 0 Å². The van der Waals surface area contributed by atoms with Gasteiger partial charge in [0.05, 0.1) is 20.8 Å². The Labute approximate surface area is 168 Å². The van der Waals surface area contributed by atoms with E-state index in [4.69, 9.17) is 14.2 Å². The van der Waals surface area contributed by atoms with Crippen LogP contribution >= 0.6 is 0 Å². The number of nitrogens with one attached hydrogen (secondary N) is 2. The molecular formula is C21H35N3O4. The summed E-state index contributed by atoms with van der Waals surface area (Å²) in [5.74, 6) is 2.20. The first-order valence-corrected chi connectivity index (χ1v) is 9.75. The van der Waals surface area contributed by atoms with Gasteiger partial charge in [-0.2, -0.15) is 0 Å². The molecule has 2 rings (SSSR count). The molecule has 7 heteroatoms. The standard InChI is InChI=1S/C21H35N3O4/c1-20(2,16-6-7-17(26-4)18(12-16)27-5)13-23-19(22-3)24-14-21(8-10-25)9-11-28-15-21/h6-7,12,25H,8-11,13-15H2,1-5H3,(H2,22,23,24). The number of aliphatic hydroxyl groups is 1. The summed E-state index contributed by atoms with van der Waals surface area (Å²) in [4.78, 5) is 4.34. The Hall–Kier alpha value is -1.99. The maximum Gasteiger partial charge on any atom is 0.191 e. The van der Waals surface area contributed by atoms with Gasteiger partial charge in [-0.15, -0.1) is 0 Å². The molecule has 1 aliphatic rings. The highest BCUT2D eigenvalue weighted by atomic mass is 16.5. The van der Waals surface area contributed by atoms with Crippen molar-refractivity contribution in [1.82, 2.24) is 10.6 Å². The molecule has 1 atom stereocenters. The Kier molecular flexibility index (Phi) is 7.95. The molecule has 1 aromatic rings. The predicted octanol–water partition coefficient (Wildman–Crippen LogP) is 1.94. The Morgan fingerprint density at radius 1 is 1.25 bits per heavy atom. The van der Waals surface area contributed by atoms with E-state index in [-0.39, 0.29) is 17.4 Å². The average Bonchev–Trinajstić information content (AvgIpc) is 3.16. The van der Waals surface area contributed by atoms with Gasteiger partial charge in [0.25, 0.3) is 0 Å². The van der Waals surface area contributed by atoms with Gasteiger partial charge in [-0.1, -0.05) is 19.9 Å². The van der Waals surface area contributed by atoms with Crippen LogP contribution in [-0.2, 0) is 10.2 Å². The minimum absolute atomic E-state index is 0.0226. The molecule has 0 spiro atoms. The maximum absolute atomic E-state index is 9.38. The van der Waals surface area contributed by atoms with Crippen molar-refractivity contribution in [2.45, 2.75) is 32.1 Å². The lowest BCUT2D eigenvalue weighted by Crippen LogP contribution is -2.47. The lowest BCUT2D eigenvalue weighted by atomic mass is 9.84. The summed E-state index contributed by atoms with van der Waals surface area (Å²) in [6, 6.07) is 6.01. The van der Waals surface area contributed by atoms with Gasteiger partial charge in [-0.25, -0.2) is 0 Å². The summed E-state index contributed by atoms with van der Waals surface area (Å²) in [7, 11) is 5.05. The van der Waals surface area contributed by atoms with Gasteiger partial charge < -0.3 is 30.0 Å². The Morgan fingerprint density at radius 3 is 2.57 bits per heavy atom. The van der Waals surface area contributed by atoms with E-state index in [9.17, 15) is 5.11 Å². The van der Waals surface area contributed by atoms with Gasteiger partial charge in [-0.05, 0) is 30.5 Å². The maximum atomic E-state index is 9.38. The molecule has 28 heavy (non-hydrogen) atoms. The lowest BCUT2D eigenvalue weighted by Gasteiger charge is -2.30. The zero-order valence-electron chi connectivity index (χ0n) is 17.8. The van der Waals surface area contributed by atoms with E-state index >= 15 is 0 Å². The molecule has 1 aromatic carbocycles. The number of hydrogen-bond acceptors (Lipinski definition) is 5. The van der Waals surface area contributed by atoms with E-state index in [2.05, 4.69) is 35.5 Å². The van der Waals surface area contributed by atoms with Gasteiger partial charge in [-0.3, -0.25) is 4.99 Å². The van der Waals surface area contributed by atoms with Crippen molar-refractivity contribution < 1.29 is 19.3 Å². The number of nitrogens with zero attached hydrogens (tertiary/aromatic N) is 1. The zero-order valence-corrected chi connectivity index (χ0v) is 17.8. The van der Waals surface area contributed by atoms with Crippen molar-refractivity contribution in [2.24, 2.45) is 10.4 Å². The number of aliphatic imine (C=N–C) groups is 1. The van der Waals surface area contributed by atoms with Crippen molar-refractivity contribution in [3.8, 4) is 11.5 Å². The number of ether oxygens (including phenoxy) is 3. The van der Waals surface area contributed by atoms with E-state index in [0.29, 0.717) is 13.2 Å². The molecule has 1 saturated heterocycles. The smallest absolute Gasteiger partial charge is 0.191 e. The molecule has 0 radical (unpaired) electrons. The van der Waals surface area contributed by atoms with Crippen LogP contribution in [-0.4, -0.2) is 65.2 Å². The molecule has 1 fully saturated rings. The van der Waals surface area contributed by atoms with Gasteiger partial charge in [0, 0.05) is 44.2 Å². The van der Waals surface area contributed by atoms with Crippen molar-refractivity contribution in [3.63, 3.8) is 0 Å². The van der Waals surface area contributed by atoms with E-state index in [1.165, 1.54) is 0 Å².